The minimum atomic E-state index is -0.174. The van der Waals surface area contributed by atoms with Crippen LogP contribution in [0.2, 0.25) is 0 Å². The van der Waals surface area contributed by atoms with Crippen LogP contribution < -0.4 is 10.9 Å². The Hall–Kier alpha value is -4.70. The van der Waals surface area contributed by atoms with Crippen LogP contribution in [0.4, 0.5) is 5.69 Å². The number of fused-ring (bicyclic) bond motifs is 3. The second-order valence-electron chi connectivity index (χ2n) is 10.4. The molecule has 0 bridgehead atoms. The number of nitrogens with zero attached hydrogens (tertiary/aromatic N) is 5. The van der Waals surface area contributed by atoms with Crippen LogP contribution in [-0.4, -0.2) is 48.7 Å². The van der Waals surface area contributed by atoms with Gasteiger partial charge >= 0.3 is 0 Å². The fourth-order valence-electron chi connectivity index (χ4n) is 5.62. The molecule has 0 saturated carbocycles. The Bertz CT molecular complexity index is 1920. The second-order valence-corrected chi connectivity index (χ2v) is 10.4. The van der Waals surface area contributed by atoms with Crippen molar-refractivity contribution in [2.75, 3.05) is 18.5 Å². The van der Waals surface area contributed by atoms with Crippen LogP contribution in [0.5, 0.6) is 0 Å². The molecule has 10 nitrogen and oxygen atoms in total. The van der Waals surface area contributed by atoms with Crippen LogP contribution >= 0.6 is 0 Å². The van der Waals surface area contributed by atoms with Crippen LogP contribution in [-0.2, 0) is 18.8 Å². The summed E-state index contributed by atoms with van der Waals surface area (Å²) in [4.78, 5) is 22.0. The van der Waals surface area contributed by atoms with Crippen molar-refractivity contribution in [3.05, 3.63) is 71.0 Å². The Morgan fingerprint density at radius 3 is 2.52 bits per heavy atom. The van der Waals surface area contributed by atoms with Gasteiger partial charge in [-0.25, -0.2) is 4.98 Å². The van der Waals surface area contributed by atoms with Crippen molar-refractivity contribution in [2.24, 2.45) is 14.1 Å². The Kier molecular flexibility index (Phi) is 5.78. The van der Waals surface area contributed by atoms with Crippen molar-refractivity contribution in [1.82, 2.24) is 29.5 Å². The summed E-state index contributed by atoms with van der Waals surface area (Å²) < 4.78 is 14.6. The first-order chi connectivity index (χ1) is 19.5. The van der Waals surface area contributed by atoms with E-state index in [9.17, 15) is 4.79 Å². The maximum atomic E-state index is 13.9. The number of nitrogens with one attached hydrogen (secondary N) is 2. The summed E-state index contributed by atoms with van der Waals surface area (Å²) in [7, 11) is 3.66. The SMILES string of the molecule is Cc1cc(-c2c(-c3ccc(NC4CCOCC4)cc3)c3c4cc(-c5cnn(C)c5)[nH]c4ncc3n(C)c2=O)on1. The van der Waals surface area contributed by atoms with Crippen molar-refractivity contribution in [1.29, 1.82) is 0 Å². The summed E-state index contributed by atoms with van der Waals surface area (Å²) >= 11 is 0. The number of ether oxygens (including phenoxy) is 1. The van der Waals surface area contributed by atoms with Crippen molar-refractivity contribution >= 4 is 27.6 Å². The molecule has 6 aromatic rings. The Labute approximate surface area is 229 Å². The fourth-order valence-corrected chi connectivity index (χ4v) is 5.62. The molecule has 10 heteroatoms. The minimum Gasteiger partial charge on any atom is -0.382 e. The Morgan fingerprint density at radius 2 is 1.82 bits per heavy atom. The van der Waals surface area contributed by atoms with Gasteiger partial charge in [0, 0.05) is 73.2 Å². The molecule has 2 N–H and O–H groups in total. The Balaban J connectivity index is 1.48. The fraction of sp³-hybridized carbons (Fsp3) is 0.267. The average molecular weight is 536 g/mol. The first kappa shape index (κ1) is 24.3. The number of H-pyrrole nitrogens is 1. The van der Waals surface area contributed by atoms with E-state index in [0.717, 1.165) is 76.1 Å². The number of anilines is 1. The lowest BCUT2D eigenvalue weighted by atomic mass is 9.93. The molecule has 6 heterocycles. The van der Waals surface area contributed by atoms with Gasteiger partial charge in [-0.15, -0.1) is 0 Å². The standard InChI is InChI=1S/C30H29N7O3/c1-17-12-25(40-35-17)28-26(18-4-6-20(7-5-18)33-21-8-10-39-11-9-21)27-22-13-23(19-14-32-36(2)16-19)34-29(22)31-15-24(27)37(3)30(28)38/h4-7,12-16,21,33H,8-11H2,1-3H3,(H,31,34). The topological polar surface area (TPSA) is 116 Å². The van der Waals surface area contributed by atoms with Gasteiger partial charge in [0.2, 0.25) is 0 Å². The first-order valence-corrected chi connectivity index (χ1v) is 13.4. The highest BCUT2D eigenvalue weighted by molar-refractivity contribution is 6.15. The van der Waals surface area contributed by atoms with Crippen molar-refractivity contribution < 1.29 is 9.26 Å². The zero-order valence-corrected chi connectivity index (χ0v) is 22.6. The van der Waals surface area contributed by atoms with Gasteiger partial charge in [-0.05, 0) is 43.5 Å². The summed E-state index contributed by atoms with van der Waals surface area (Å²) in [6, 6.07) is 12.5. The molecule has 0 atom stereocenters. The third kappa shape index (κ3) is 4.08. The molecule has 1 aliphatic heterocycles. The maximum absolute atomic E-state index is 13.9. The highest BCUT2D eigenvalue weighted by Gasteiger charge is 2.24. The predicted molar refractivity (Wildman–Crippen MR) is 154 cm³/mol. The van der Waals surface area contributed by atoms with E-state index in [-0.39, 0.29) is 5.56 Å². The summed E-state index contributed by atoms with van der Waals surface area (Å²) in [6.45, 7) is 3.40. The lowest BCUT2D eigenvalue weighted by Gasteiger charge is -2.24. The molecule has 0 amide bonds. The van der Waals surface area contributed by atoms with Crippen LogP contribution in [0.3, 0.4) is 0 Å². The van der Waals surface area contributed by atoms with Crippen LogP contribution in [0.25, 0.3) is 55.6 Å². The van der Waals surface area contributed by atoms with Gasteiger partial charge < -0.3 is 24.1 Å². The van der Waals surface area contributed by atoms with Gasteiger partial charge in [0.25, 0.3) is 5.56 Å². The van der Waals surface area contributed by atoms with Gasteiger partial charge in [0.15, 0.2) is 5.76 Å². The third-order valence-corrected chi connectivity index (χ3v) is 7.67. The van der Waals surface area contributed by atoms with Crippen molar-refractivity contribution in [3.8, 4) is 33.7 Å². The van der Waals surface area contributed by atoms with E-state index in [1.807, 2.05) is 32.4 Å². The average Bonchev–Trinajstić information content (AvgIpc) is 3.71. The van der Waals surface area contributed by atoms with Crippen LogP contribution in [0, 0.1) is 6.92 Å². The first-order valence-electron chi connectivity index (χ1n) is 13.4. The lowest BCUT2D eigenvalue weighted by Crippen LogP contribution is -2.27. The summed E-state index contributed by atoms with van der Waals surface area (Å²) in [5.74, 6) is 0.437. The number of hydrogen-bond donors (Lipinski definition) is 2. The van der Waals surface area contributed by atoms with E-state index in [1.165, 1.54) is 0 Å². The number of pyridine rings is 2. The number of rotatable bonds is 5. The van der Waals surface area contributed by atoms with Gasteiger partial charge in [0.1, 0.15) is 5.65 Å². The molecule has 0 aliphatic carbocycles. The molecule has 0 spiro atoms. The largest absolute Gasteiger partial charge is 0.382 e. The second kappa shape index (κ2) is 9.49. The number of aromatic nitrogens is 6. The molecule has 7 rings (SSSR count). The van der Waals surface area contributed by atoms with Crippen molar-refractivity contribution in [2.45, 2.75) is 25.8 Å². The molecule has 40 heavy (non-hydrogen) atoms. The summed E-state index contributed by atoms with van der Waals surface area (Å²) in [5, 5.41) is 13.9. The molecule has 1 aliphatic rings. The molecule has 1 fully saturated rings. The minimum absolute atomic E-state index is 0.174. The molecule has 202 valence electrons. The number of hydrogen-bond acceptors (Lipinski definition) is 7. The maximum Gasteiger partial charge on any atom is 0.262 e. The number of aryl methyl sites for hydroxylation is 3. The molecular formula is C30H29N7O3. The predicted octanol–water partition coefficient (Wildman–Crippen LogP) is 5.04. The van der Waals surface area contributed by atoms with Gasteiger partial charge in [0.05, 0.1) is 34.9 Å². The molecule has 1 saturated heterocycles. The van der Waals surface area contributed by atoms with E-state index in [2.05, 4.69) is 55.9 Å². The number of benzene rings is 1. The molecule has 5 aromatic heterocycles. The molecular weight excluding hydrogens is 506 g/mol. The molecule has 1 aromatic carbocycles. The van der Waals surface area contributed by atoms with E-state index in [1.54, 1.807) is 22.5 Å². The van der Waals surface area contributed by atoms with E-state index in [0.29, 0.717) is 23.1 Å². The lowest BCUT2D eigenvalue weighted by molar-refractivity contribution is 0.0904. The summed E-state index contributed by atoms with van der Waals surface area (Å²) in [6.07, 6.45) is 7.48. The Morgan fingerprint density at radius 1 is 1.02 bits per heavy atom. The highest BCUT2D eigenvalue weighted by Crippen LogP contribution is 2.40. The normalized spacial score (nSPS) is 14.4. The van der Waals surface area contributed by atoms with E-state index >= 15 is 0 Å². The molecule has 0 radical (unpaired) electrons. The number of aromatic amines is 1. The van der Waals surface area contributed by atoms with Crippen LogP contribution in [0.1, 0.15) is 18.5 Å². The smallest absolute Gasteiger partial charge is 0.262 e. The molecule has 0 unspecified atom stereocenters. The van der Waals surface area contributed by atoms with E-state index < -0.39 is 0 Å². The third-order valence-electron chi connectivity index (χ3n) is 7.67. The van der Waals surface area contributed by atoms with E-state index in [4.69, 9.17) is 9.26 Å². The van der Waals surface area contributed by atoms with Crippen LogP contribution in [0.15, 0.2) is 64.3 Å². The zero-order chi connectivity index (χ0) is 27.4. The van der Waals surface area contributed by atoms with Crippen molar-refractivity contribution in [3.63, 3.8) is 0 Å². The van der Waals surface area contributed by atoms with Gasteiger partial charge in [-0.2, -0.15) is 5.10 Å². The quantitative estimate of drug-likeness (QED) is 0.318. The van der Waals surface area contributed by atoms with Gasteiger partial charge in [-0.3, -0.25) is 9.48 Å². The highest BCUT2D eigenvalue weighted by atomic mass is 16.5. The zero-order valence-electron chi connectivity index (χ0n) is 22.6. The van der Waals surface area contributed by atoms with Gasteiger partial charge in [-0.1, -0.05) is 17.3 Å². The summed E-state index contributed by atoms with van der Waals surface area (Å²) in [5.41, 5.74) is 7.04. The monoisotopic (exact) mass is 535 g/mol.